The number of amides is 2. The van der Waals surface area contributed by atoms with E-state index in [1.165, 1.54) is 11.1 Å². The van der Waals surface area contributed by atoms with Crippen LogP contribution in [0.2, 0.25) is 5.02 Å². The molecule has 0 unspecified atom stereocenters. The first-order valence-corrected chi connectivity index (χ1v) is 12.9. The number of H-pyrrole nitrogens is 1. The Labute approximate surface area is 230 Å². The largest absolute Gasteiger partial charge is 0.362 e. The first kappa shape index (κ1) is 26.5. The van der Waals surface area contributed by atoms with E-state index in [0.717, 1.165) is 13.1 Å². The lowest BCUT2D eigenvalue weighted by atomic mass is 9.96. The van der Waals surface area contributed by atoms with Crippen molar-refractivity contribution >= 4 is 29.1 Å². The highest BCUT2D eigenvalue weighted by Crippen LogP contribution is 2.30. The van der Waals surface area contributed by atoms with E-state index in [1.54, 1.807) is 23.1 Å². The van der Waals surface area contributed by atoms with Crippen LogP contribution in [-0.2, 0) is 14.3 Å². The van der Waals surface area contributed by atoms with Gasteiger partial charge in [-0.05, 0) is 39.8 Å². The lowest BCUT2D eigenvalue weighted by Crippen LogP contribution is -2.50. The van der Waals surface area contributed by atoms with Crippen molar-refractivity contribution in [2.45, 2.75) is 6.04 Å². The molecule has 1 aliphatic heterocycles. The fourth-order valence-electron chi connectivity index (χ4n) is 4.67. The molecule has 0 atom stereocenters. The SMILES string of the molecule is O=C(COCC(=O)N1CCN(C(c2ccccc2)c2ccccc2)CC1)[N]c1ccc(Cl)cc1-c1nnn[nH]1. The molecule has 0 spiro atoms. The van der Waals surface area contributed by atoms with Gasteiger partial charge in [0.2, 0.25) is 5.91 Å². The molecule has 4 aromatic rings. The van der Waals surface area contributed by atoms with Gasteiger partial charge in [-0.2, -0.15) is 0 Å². The number of aromatic nitrogens is 4. The minimum atomic E-state index is -0.530. The lowest BCUT2D eigenvalue weighted by Gasteiger charge is -2.39. The normalized spacial score (nSPS) is 13.9. The van der Waals surface area contributed by atoms with Gasteiger partial charge in [0.05, 0.1) is 11.7 Å². The van der Waals surface area contributed by atoms with Gasteiger partial charge < -0.3 is 9.64 Å². The molecule has 10 nitrogen and oxygen atoms in total. The summed E-state index contributed by atoms with van der Waals surface area (Å²) in [5.41, 5.74) is 3.27. The minimum Gasteiger partial charge on any atom is -0.362 e. The predicted octanol–water partition coefficient (Wildman–Crippen LogP) is 3.23. The van der Waals surface area contributed by atoms with Gasteiger partial charge in [-0.1, -0.05) is 72.3 Å². The van der Waals surface area contributed by atoms with E-state index in [-0.39, 0.29) is 25.2 Å². The quantitative estimate of drug-likeness (QED) is 0.343. The molecule has 1 saturated heterocycles. The zero-order chi connectivity index (χ0) is 27.0. The molecular formula is C28H27ClN7O3. The van der Waals surface area contributed by atoms with Crippen molar-refractivity contribution in [2.24, 2.45) is 0 Å². The fraction of sp³-hybridized carbons (Fsp3) is 0.250. The molecular weight excluding hydrogens is 518 g/mol. The lowest BCUT2D eigenvalue weighted by molar-refractivity contribution is -0.139. The van der Waals surface area contributed by atoms with Gasteiger partial charge in [0.25, 0.3) is 5.91 Å². The molecule has 2 heterocycles. The number of rotatable bonds is 9. The number of tetrazole rings is 1. The molecule has 1 aromatic heterocycles. The van der Waals surface area contributed by atoms with Crippen molar-refractivity contribution in [1.82, 2.24) is 35.7 Å². The maximum atomic E-state index is 12.8. The predicted molar refractivity (Wildman–Crippen MR) is 145 cm³/mol. The smallest absolute Gasteiger partial charge is 0.272 e. The topological polar surface area (TPSA) is 118 Å². The van der Waals surface area contributed by atoms with E-state index in [4.69, 9.17) is 16.3 Å². The molecule has 1 radical (unpaired) electrons. The van der Waals surface area contributed by atoms with E-state index < -0.39 is 5.91 Å². The van der Waals surface area contributed by atoms with Crippen LogP contribution >= 0.6 is 11.6 Å². The second-order valence-electron chi connectivity index (χ2n) is 9.05. The molecule has 1 N–H and O–H groups in total. The van der Waals surface area contributed by atoms with Crippen LogP contribution in [0.4, 0.5) is 5.69 Å². The third kappa shape index (κ3) is 6.66. The first-order chi connectivity index (χ1) is 19.1. The summed E-state index contributed by atoms with van der Waals surface area (Å²) in [4.78, 5) is 29.4. The number of benzene rings is 3. The Morgan fingerprint density at radius 2 is 1.59 bits per heavy atom. The average Bonchev–Trinajstić information content (AvgIpc) is 3.51. The number of hydrogen-bond acceptors (Lipinski definition) is 7. The van der Waals surface area contributed by atoms with Crippen LogP contribution in [0.15, 0.2) is 78.9 Å². The molecule has 1 aliphatic rings. The highest BCUT2D eigenvalue weighted by atomic mass is 35.5. The molecule has 3 aromatic carbocycles. The standard InChI is InChI=1S/C28H27ClN7O3/c29-22-11-12-24(23(17-22)28-31-33-34-32-28)30-25(37)18-39-19-26(38)35-13-15-36(16-14-35)27(20-7-3-1-4-8-20)21-9-5-2-6-10-21/h1-12,17,27H,13-16,18-19H2,(H,31,32,33,34). The number of nitrogens with zero attached hydrogens (tertiary/aromatic N) is 6. The Bertz CT molecular complexity index is 1340. The molecule has 0 aliphatic carbocycles. The highest BCUT2D eigenvalue weighted by Gasteiger charge is 2.28. The number of hydrogen-bond donors (Lipinski definition) is 1. The number of carbonyl (C=O) groups excluding carboxylic acids is 2. The molecule has 199 valence electrons. The zero-order valence-corrected chi connectivity index (χ0v) is 21.9. The van der Waals surface area contributed by atoms with Crippen molar-refractivity contribution in [2.75, 3.05) is 39.4 Å². The van der Waals surface area contributed by atoms with Gasteiger partial charge >= 0.3 is 0 Å². The Balaban J connectivity index is 1.12. The third-order valence-corrected chi connectivity index (χ3v) is 6.75. The van der Waals surface area contributed by atoms with Crippen LogP contribution in [0.5, 0.6) is 0 Å². The van der Waals surface area contributed by atoms with Crippen molar-refractivity contribution in [3.8, 4) is 11.4 Å². The Hall–Kier alpha value is -4.12. The fourth-order valence-corrected chi connectivity index (χ4v) is 4.84. The summed E-state index contributed by atoms with van der Waals surface area (Å²) >= 11 is 6.07. The summed E-state index contributed by atoms with van der Waals surface area (Å²) in [6.07, 6.45) is 0. The molecule has 0 bridgehead atoms. The minimum absolute atomic E-state index is 0.116. The third-order valence-electron chi connectivity index (χ3n) is 6.52. The summed E-state index contributed by atoms with van der Waals surface area (Å²) in [5.74, 6) is -0.350. The van der Waals surface area contributed by atoms with Crippen LogP contribution in [0.3, 0.4) is 0 Å². The molecule has 39 heavy (non-hydrogen) atoms. The van der Waals surface area contributed by atoms with Gasteiger partial charge in [0.15, 0.2) is 5.82 Å². The van der Waals surface area contributed by atoms with Gasteiger partial charge in [-0.25, -0.2) is 10.4 Å². The van der Waals surface area contributed by atoms with Crippen molar-refractivity contribution in [1.29, 1.82) is 0 Å². The Morgan fingerprint density at radius 1 is 0.923 bits per heavy atom. The number of nitrogens with one attached hydrogen (secondary N) is 1. The van der Waals surface area contributed by atoms with Gasteiger partial charge in [0.1, 0.15) is 13.2 Å². The van der Waals surface area contributed by atoms with Crippen molar-refractivity contribution in [3.63, 3.8) is 0 Å². The summed E-state index contributed by atoms with van der Waals surface area (Å²) in [5, 5.41) is 18.1. The summed E-state index contributed by atoms with van der Waals surface area (Å²) in [7, 11) is 0. The Kier molecular flexibility index (Phi) is 8.57. The van der Waals surface area contributed by atoms with Crippen molar-refractivity contribution in [3.05, 3.63) is 95.0 Å². The van der Waals surface area contributed by atoms with Crippen LogP contribution in [0, 0.1) is 0 Å². The number of carbonyl (C=O) groups is 2. The molecule has 11 heteroatoms. The number of halogens is 1. The summed E-state index contributed by atoms with van der Waals surface area (Å²) in [6.45, 7) is 2.09. The number of piperazine rings is 1. The average molecular weight is 545 g/mol. The van der Waals surface area contributed by atoms with E-state index in [0.29, 0.717) is 35.2 Å². The monoisotopic (exact) mass is 544 g/mol. The van der Waals surface area contributed by atoms with Crippen LogP contribution < -0.4 is 5.32 Å². The second-order valence-corrected chi connectivity index (χ2v) is 9.49. The van der Waals surface area contributed by atoms with Crippen molar-refractivity contribution < 1.29 is 14.3 Å². The maximum Gasteiger partial charge on any atom is 0.272 e. The number of aromatic amines is 1. The molecule has 0 saturated carbocycles. The number of ether oxygens (including phenoxy) is 1. The van der Waals surface area contributed by atoms with E-state index in [1.807, 2.05) is 12.1 Å². The van der Waals surface area contributed by atoms with Crippen LogP contribution in [-0.4, -0.2) is 81.6 Å². The van der Waals surface area contributed by atoms with Crippen LogP contribution in [0.25, 0.3) is 11.4 Å². The molecule has 1 fully saturated rings. The Morgan fingerprint density at radius 3 is 2.21 bits per heavy atom. The first-order valence-electron chi connectivity index (χ1n) is 12.6. The van der Waals surface area contributed by atoms with Crippen LogP contribution in [0.1, 0.15) is 17.2 Å². The maximum absolute atomic E-state index is 12.8. The van der Waals surface area contributed by atoms with E-state index in [2.05, 4.69) is 79.4 Å². The second kappa shape index (κ2) is 12.6. The van der Waals surface area contributed by atoms with E-state index in [9.17, 15) is 9.59 Å². The molecule has 5 rings (SSSR count). The summed E-state index contributed by atoms with van der Waals surface area (Å²) < 4.78 is 5.43. The highest BCUT2D eigenvalue weighted by molar-refractivity contribution is 6.31. The molecule has 2 amide bonds. The van der Waals surface area contributed by atoms with E-state index >= 15 is 0 Å². The zero-order valence-electron chi connectivity index (χ0n) is 21.1. The van der Waals surface area contributed by atoms with Gasteiger partial charge in [-0.3, -0.25) is 14.5 Å². The van der Waals surface area contributed by atoms with Gasteiger partial charge in [0, 0.05) is 36.8 Å². The summed E-state index contributed by atoms with van der Waals surface area (Å²) in [6, 6.07) is 25.7. The van der Waals surface area contributed by atoms with Gasteiger partial charge in [-0.15, -0.1) is 5.10 Å².